The number of allylic oxidation sites excluding steroid dienone is 2. The molecule has 16 heavy (non-hydrogen) atoms. The average Bonchev–Trinajstić information content (AvgIpc) is 2.29. The lowest BCUT2D eigenvalue weighted by atomic mass is 10.2. The summed E-state index contributed by atoms with van der Waals surface area (Å²) in [6.07, 6.45) is 0. The molecule has 0 amide bonds. The zero-order chi connectivity index (χ0) is 12.0. The highest BCUT2D eigenvalue weighted by atomic mass is 19.1. The van der Waals surface area contributed by atoms with Crippen molar-refractivity contribution in [2.45, 2.75) is 0 Å². The Morgan fingerprint density at radius 1 is 1.12 bits per heavy atom. The van der Waals surface area contributed by atoms with Crippen molar-refractivity contribution in [2.24, 2.45) is 0 Å². The summed E-state index contributed by atoms with van der Waals surface area (Å²) in [6.45, 7) is 0. The number of nitrogens with one attached hydrogen (secondary N) is 1. The Labute approximate surface area is 91.5 Å². The summed E-state index contributed by atoms with van der Waals surface area (Å²) < 4.78 is 12.8. The van der Waals surface area contributed by atoms with Crippen LogP contribution in [0, 0.1) is 39.8 Å². The van der Waals surface area contributed by atoms with Gasteiger partial charge in [0.2, 0.25) is 0 Å². The molecule has 1 rings (SSSR count). The van der Waals surface area contributed by atoms with Crippen molar-refractivity contribution >= 4 is 5.69 Å². The van der Waals surface area contributed by atoms with Crippen molar-refractivity contribution in [3.05, 3.63) is 41.4 Å². The lowest BCUT2D eigenvalue weighted by Gasteiger charge is -2.03. The van der Waals surface area contributed by atoms with Gasteiger partial charge in [-0.3, -0.25) is 0 Å². The minimum atomic E-state index is -0.474. The van der Waals surface area contributed by atoms with E-state index in [1.807, 2.05) is 0 Å². The molecule has 0 saturated heterocycles. The summed E-state index contributed by atoms with van der Waals surface area (Å²) in [5, 5.41) is 28.4. The molecule has 1 aromatic carbocycles. The Morgan fingerprint density at radius 2 is 1.81 bits per heavy atom. The van der Waals surface area contributed by atoms with Crippen LogP contribution in [-0.4, -0.2) is 0 Å². The van der Waals surface area contributed by atoms with Crippen LogP contribution in [0.25, 0.3) is 0 Å². The molecule has 0 unspecified atom stereocenters. The Morgan fingerprint density at radius 3 is 2.31 bits per heavy atom. The van der Waals surface area contributed by atoms with Crippen LogP contribution in [0.1, 0.15) is 0 Å². The van der Waals surface area contributed by atoms with E-state index >= 15 is 0 Å². The summed E-state index contributed by atoms with van der Waals surface area (Å²) >= 11 is 0. The Balaban J connectivity index is 3.07. The van der Waals surface area contributed by atoms with Crippen LogP contribution in [0.15, 0.2) is 35.5 Å². The molecule has 0 bridgehead atoms. The van der Waals surface area contributed by atoms with Gasteiger partial charge in [-0.1, -0.05) is 6.07 Å². The number of nitriles is 3. The number of benzene rings is 1. The SMILES string of the molecule is N#CC(C#N)=C(C#N)Nc1cccc(F)c1. The number of halogens is 1. The molecule has 0 radical (unpaired) electrons. The normalized spacial score (nSPS) is 8.12. The maximum atomic E-state index is 12.8. The predicted octanol–water partition coefficient (Wildman–Crippen LogP) is 2.06. The second-order valence-electron chi connectivity index (χ2n) is 2.72. The Bertz CT molecular complexity index is 539. The number of anilines is 1. The Hall–Kier alpha value is -2.84. The molecule has 5 heteroatoms. The van der Waals surface area contributed by atoms with E-state index in [0.29, 0.717) is 5.69 Å². The molecule has 0 atom stereocenters. The van der Waals surface area contributed by atoms with E-state index in [4.69, 9.17) is 15.8 Å². The zero-order valence-electron chi connectivity index (χ0n) is 8.03. The van der Waals surface area contributed by atoms with Crippen molar-refractivity contribution in [1.29, 1.82) is 15.8 Å². The van der Waals surface area contributed by atoms with E-state index in [0.717, 1.165) is 6.07 Å². The highest BCUT2D eigenvalue weighted by Crippen LogP contribution is 2.13. The van der Waals surface area contributed by atoms with Crippen LogP contribution in [0.5, 0.6) is 0 Å². The van der Waals surface area contributed by atoms with Gasteiger partial charge in [-0.15, -0.1) is 0 Å². The van der Waals surface area contributed by atoms with Gasteiger partial charge in [-0.05, 0) is 18.2 Å². The van der Waals surface area contributed by atoms with E-state index in [1.54, 1.807) is 18.2 Å². The fourth-order valence-electron chi connectivity index (χ4n) is 0.994. The van der Waals surface area contributed by atoms with E-state index < -0.39 is 5.82 Å². The quantitative estimate of drug-likeness (QED) is 0.760. The molecule has 0 aromatic heterocycles. The highest BCUT2D eigenvalue weighted by Gasteiger charge is 2.05. The molecule has 0 aliphatic carbocycles. The molecule has 4 nitrogen and oxygen atoms in total. The second-order valence-corrected chi connectivity index (χ2v) is 2.72. The smallest absolute Gasteiger partial charge is 0.163 e. The van der Waals surface area contributed by atoms with Crippen molar-refractivity contribution in [1.82, 2.24) is 0 Å². The second kappa shape index (κ2) is 5.14. The zero-order valence-corrected chi connectivity index (χ0v) is 8.03. The van der Waals surface area contributed by atoms with Gasteiger partial charge in [0.15, 0.2) is 5.57 Å². The van der Waals surface area contributed by atoms with Crippen LogP contribution in [-0.2, 0) is 0 Å². The van der Waals surface area contributed by atoms with Crippen molar-refractivity contribution < 1.29 is 4.39 Å². The fraction of sp³-hybridized carbons (Fsp3) is 0. The molecule has 0 heterocycles. The van der Waals surface area contributed by atoms with E-state index in [9.17, 15) is 4.39 Å². The lowest BCUT2D eigenvalue weighted by Crippen LogP contribution is -2.00. The first-order chi connectivity index (χ1) is 7.71. The number of rotatable bonds is 2. The molecule has 0 spiro atoms. The van der Waals surface area contributed by atoms with Gasteiger partial charge in [0, 0.05) is 5.69 Å². The molecular formula is C11H5FN4. The van der Waals surface area contributed by atoms with Crippen molar-refractivity contribution in [3.8, 4) is 18.2 Å². The van der Waals surface area contributed by atoms with Gasteiger partial charge in [0.25, 0.3) is 0 Å². The maximum Gasteiger partial charge on any atom is 0.163 e. The van der Waals surface area contributed by atoms with Crippen LogP contribution in [0.3, 0.4) is 0 Å². The number of nitrogens with zero attached hydrogens (tertiary/aromatic N) is 3. The fourth-order valence-corrected chi connectivity index (χ4v) is 0.994. The summed E-state index contributed by atoms with van der Waals surface area (Å²) in [4.78, 5) is 0. The van der Waals surface area contributed by atoms with Gasteiger partial charge in [0.05, 0.1) is 0 Å². The first-order valence-electron chi connectivity index (χ1n) is 4.18. The lowest BCUT2D eigenvalue weighted by molar-refractivity contribution is 0.628. The van der Waals surface area contributed by atoms with Crippen LogP contribution >= 0.6 is 0 Å². The summed E-state index contributed by atoms with van der Waals surface area (Å²) in [5.74, 6) is -0.474. The van der Waals surface area contributed by atoms with Gasteiger partial charge >= 0.3 is 0 Å². The Kier molecular flexibility index (Phi) is 3.61. The minimum Gasteiger partial charge on any atom is -0.345 e. The molecule has 76 valence electrons. The van der Waals surface area contributed by atoms with Gasteiger partial charge in [0.1, 0.15) is 29.7 Å². The molecule has 1 aromatic rings. The largest absolute Gasteiger partial charge is 0.345 e. The maximum absolute atomic E-state index is 12.8. The summed E-state index contributed by atoms with van der Waals surface area (Å²) in [7, 11) is 0. The summed E-state index contributed by atoms with van der Waals surface area (Å²) in [5.41, 5.74) is -0.234. The standard InChI is InChI=1S/C11H5FN4/c12-9-2-1-3-10(4-9)16-11(7-15)8(5-13)6-14/h1-4,16H. The van der Waals surface area contributed by atoms with Crippen molar-refractivity contribution in [3.63, 3.8) is 0 Å². The highest BCUT2D eigenvalue weighted by molar-refractivity contribution is 5.58. The average molecular weight is 212 g/mol. The molecule has 0 aliphatic rings. The van der Waals surface area contributed by atoms with E-state index in [-0.39, 0.29) is 11.3 Å². The third kappa shape index (κ3) is 2.57. The summed E-state index contributed by atoms with van der Waals surface area (Å²) in [6, 6.07) is 10.2. The predicted molar refractivity (Wildman–Crippen MR) is 53.9 cm³/mol. The minimum absolute atomic E-state index is 0.199. The monoisotopic (exact) mass is 212 g/mol. The van der Waals surface area contributed by atoms with E-state index in [1.165, 1.54) is 18.2 Å². The van der Waals surface area contributed by atoms with Crippen LogP contribution in [0.2, 0.25) is 0 Å². The van der Waals surface area contributed by atoms with Crippen LogP contribution < -0.4 is 5.32 Å². The third-order valence-corrected chi connectivity index (χ3v) is 1.68. The van der Waals surface area contributed by atoms with Crippen LogP contribution in [0.4, 0.5) is 10.1 Å². The topological polar surface area (TPSA) is 83.4 Å². The molecule has 0 fully saturated rings. The molecule has 0 aliphatic heterocycles. The number of hydrogen-bond acceptors (Lipinski definition) is 4. The molecule has 0 saturated carbocycles. The third-order valence-electron chi connectivity index (χ3n) is 1.68. The van der Waals surface area contributed by atoms with Gasteiger partial charge < -0.3 is 5.32 Å². The number of hydrogen-bond donors (Lipinski definition) is 1. The molecule has 1 N–H and O–H groups in total. The molecular weight excluding hydrogens is 207 g/mol. The van der Waals surface area contributed by atoms with Gasteiger partial charge in [-0.25, -0.2) is 4.39 Å². The first-order valence-corrected chi connectivity index (χ1v) is 4.18. The first kappa shape index (κ1) is 11.2. The van der Waals surface area contributed by atoms with Crippen molar-refractivity contribution in [2.75, 3.05) is 5.32 Å². The van der Waals surface area contributed by atoms with Gasteiger partial charge in [-0.2, -0.15) is 15.8 Å². The van der Waals surface area contributed by atoms with E-state index in [2.05, 4.69) is 5.32 Å².